The quantitative estimate of drug-likeness (QED) is 0.800. The van der Waals surface area contributed by atoms with Crippen molar-refractivity contribution in [1.29, 1.82) is 5.26 Å². The predicted molar refractivity (Wildman–Crippen MR) is 73.6 cm³/mol. The molecular weight excluding hydrogens is 244 g/mol. The summed E-state index contributed by atoms with van der Waals surface area (Å²) in [5, 5.41) is 13.1. The highest BCUT2D eigenvalue weighted by Crippen LogP contribution is 2.30. The van der Waals surface area contributed by atoms with E-state index in [1.165, 1.54) is 5.56 Å². The van der Waals surface area contributed by atoms with Crippen LogP contribution in [0.2, 0.25) is 0 Å². The Morgan fingerprint density at radius 3 is 2.94 bits per heavy atom. The fourth-order valence-corrected chi connectivity index (χ4v) is 2.81. The molecule has 1 saturated heterocycles. The summed E-state index contributed by atoms with van der Waals surface area (Å²) in [6.07, 6.45) is 1.13. The average molecular weight is 262 g/mol. The van der Waals surface area contributed by atoms with Crippen molar-refractivity contribution in [2.75, 3.05) is 19.8 Å². The number of nitrogens with zero attached hydrogens (tertiary/aromatic N) is 1. The Morgan fingerprint density at radius 1 is 1.50 bits per heavy atom. The third-order valence-electron chi connectivity index (χ3n) is 2.82. The third kappa shape index (κ3) is 3.49. The summed E-state index contributed by atoms with van der Waals surface area (Å²) in [6, 6.07) is 8.44. The van der Waals surface area contributed by atoms with E-state index in [0.717, 1.165) is 43.2 Å². The van der Waals surface area contributed by atoms with Crippen LogP contribution in [-0.4, -0.2) is 25.0 Å². The first-order valence-electron chi connectivity index (χ1n) is 6.31. The molecule has 1 aromatic rings. The van der Waals surface area contributed by atoms with Crippen LogP contribution in [0.4, 0.5) is 0 Å². The van der Waals surface area contributed by atoms with Crippen LogP contribution < -0.4 is 5.32 Å². The van der Waals surface area contributed by atoms with E-state index in [4.69, 9.17) is 4.74 Å². The van der Waals surface area contributed by atoms with Crippen molar-refractivity contribution in [3.8, 4) is 6.07 Å². The summed E-state index contributed by atoms with van der Waals surface area (Å²) in [5.41, 5.74) is 1.96. The van der Waals surface area contributed by atoms with Gasteiger partial charge in [-0.15, -0.1) is 11.8 Å². The Hall–Kier alpha value is -1.02. The lowest BCUT2D eigenvalue weighted by Crippen LogP contribution is -2.30. The summed E-state index contributed by atoms with van der Waals surface area (Å²) in [5.74, 6) is 0. The van der Waals surface area contributed by atoms with Crippen LogP contribution in [-0.2, 0) is 11.3 Å². The van der Waals surface area contributed by atoms with Crippen LogP contribution in [0.5, 0.6) is 0 Å². The van der Waals surface area contributed by atoms with E-state index in [1.54, 1.807) is 11.8 Å². The molecule has 0 aromatic heterocycles. The molecule has 0 aliphatic carbocycles. The zero-order chi connectivity index (χ0) is 12.8. The van der Waals surface area contributed by atoms with E-state index in [1.807, 2.05) is 6.07 Å². The van der Waals surface area contributed by atoms with Gasteiger partial charge in [0.05, 0.1) is 24.0 Å². The minimum absolute atomic E-state index is 0.515. The molecule has 2 rings (SSSR count). The van der Waals surface area contributed by atoms with Crippen LogP contribution >= 0.6 is 11.8 Å². The summed E-state index contributed by atoms with van der Waals surface area (Å²) in [7, 11) is 0. The molecule has 4 heteroatoms. The van der Waals surface area contributed by atoms with Gasteiger partial charge in [0.1, 0.15) is 6.07 Å². The Morgan fingerprint density at radius 2 is 2.33 bits per heavy atom. The zero-order valence-electron chi connectivity index (χ0n) is 10.6. The number of hydrogen-bond acceptors (Lipinski definition) is 4. The molecular formula is C14H18N2OS. The Labute approximate surface area is 113 Å². The second kappa shape index (κ2) is 6.79. The van der Waals surface area contributed by atoms with Gasteiger partial charge in [-0.25, -0.2) is 0 Å². The van der Waals surface area contributed by atoms with Crippen LogP contribution in [0.25, 0.3) is 0 Å². The third-order valence-corrected chi connectivity index (χ3v) is 4.04. The van der Waals surface area contributed by atoms with Gasteiger partial charge in [-0.3, -0.25) is 0 Å². The molecule has 0 atom stereocenters. The van der Waals surface area contributed by atoms with Crippen molar-refractivity contribution < 1.29 is 4.74 Å². The lowest BCUT2D eigenvalue weighted by Gasteiger charge is -2.25. The molecule has 18 heavy (non-hydrogen) atoms. The maximum Gasteiger partial charge on any atom is 0.100 e. The monoisotopic (exact) mass is 262 g/mol. The first-order valence-corrected chi connectivity index (χ1v) is 7.19. The summed E-state index contributed by atoms with van der Waals surface area (Å²) in [6.45, 7) is 5.59. The Bertz CT molecular complexity index is 438. The minimum atomic E-state index is 0.515. The number of benzene rings is 1. The van der Waals surface area contributed by atoms with Gasteiger partial charge in [0, 0.05) is 11.4 Å². The highest BCUT2D eigenvalue weighted by Gasteiger charge is 2.20. The highest BCUT2D eigenvalue weighted by molar-refractivity contribution is 8.00. The number of thioether (sulfide) groups is 1. The second-order valence-corrected chi connectivity index (χ2v) is 5.74. The van der Waals surface area contributed by atoms with Crippen molar-refractivity contribution in [2.24, 2.45) is 0 Å². The number of ether oxygens (including phenoxy) is 1. The van der Waals surface area contributed by atoms with E-state index in [9.17, 15) is 5.26 Å². The van der Waals surface area contributed by atoms with Gasteiger partial charge in [0.25, 0.3) is 0 Å². The molecule has 96 valence electrons. The van der Waals surface area contributed by atoms with Crippen molar-refractivity contribution in [3.05, 3.63) is 29.3 Å². The van der Waals surface area contributed by atoms with Gasteiger partial charge in [0.2, 0.25) is 0 Å². The molecule has 0 amide bonds. The maximum atomic E-state index is 9.20. The average Bonchev–Trinajstić information content (AvgIpc) is 2.35. The first kappa shape index (κ1) is 13.4. The van der Waals surface area contributed by atoms with Gasteiger partial charge < -0.3 is 10.1 Å². The van der Waals surface area contributed by atoms with Gasteiger partial charge in [-0.2, -0.15) is 5.26 Å². The molecule has 0 spiro atoms. The van der Waals surface area contributed by atoms with Crippen molar-refractivity contribution in [2.45, 2.75) is 30.0 Å². The molecule has 0 unspecified atom stereocenters. The van der Waals surface area contributed by atoms with Crippen molar-refractivity contribution in [3.63, 3.8) is 0 Å². The van der Waals surface area contributed by atoms with E-state index < -0.39 is 0 Å². The van der Waals surface area contributed by atoms with Gasteiger partial charge in [-0.05, 0) is 30.7 Å². The normalized spacial score (nSPS) is 15.1. The van der Waals surface area contributed by atoms with E-state index in [-0.39, 0.29) is 0 Å². The van der Waals surface area contributed by atoms with Gasteiger partial charge >= 0.3 is 0 Å². The molecule has 1 aliphatic rings. The second-order valence-electron chi connectivity index (χ2n) is 4.40. The van der Waals surface area contributed by atoms with Crippen molar-refractivity contribution in [1.82, 2.24) is 5.32 Å². The number of nitrogens with one attached hydrogen (secondary N) is 1. The SMILES string of the molecule is CCCNCc1ccc(SC2COC2)c(C#N)c1. The van der Waals surface area contributed by atoms with Gasteiger partial charge in [-0.1, -0.05) is 13.0 Å². The lowest BCUT2D eigenvalue weighted by atomic mass is 10.1. The largest absolute Gasteiger partial charge is 0.379 e. The van der Waals surface area contributed by atoms with E-state index in [0.29, 0.717) is 5.25 Å². The number of nitriles is 1. The van der Waals surface area contributed by atoms with Crippen LogP contribution in [0, 0.1) is 11.3 Å². The fraction of sp³-hybridized carbons (Fsp3) is 0.500. The van der Waals surface area contributed by atoms with E-state index in [2.05, 4.69) is 30.4 Å². The Kier molecular flexibility index (Phi) is 5.06. The molecule has 1 aliphatic heterocycles. The standard InChI is InChI=1S/C14H18N2OS/c1-2-5-16-8-11-3-4-14(12(6-11)7-15)18-13-9-17-10-13/h3-4,6,13,16H,2,5,8-10H2,1H3. The molecule has 3 nitrogen and oxygen atoms in total. The van der Waals surface area contributed by atoms with Crippen LogP contribution in [0.1, 0.15) is 24.5 Å². The predicted octanol–water partition coefficient (Wildman–Crippen LogP) is 2.55. The summed E-state index contributed by atoms with van der Waals surface area (Å²) in [4.78, 5) is 1.07. The smallest absolute Gasteiger partial charge is 0.100 e. The topological polar surface area (TPSA) is 45.0 Å². The molecule has 0 bridgehead atoms. The Balaban J connectivity index is 2.00. The molecule has 1 heterocycles. The first-order chi connectivity index (χ1) is 8.83. The summed E-state index contributed by atoms with van der Waals surface area (Å²) < 4.78 is 5.16. The molecule has 1 fully saturated rings. The molecule has 1 N–H and O–H groups in total. The highest BCUT2D eigenvalue weighted by atomic mass is 32.2. The van der Waals surface area contributed by atoms with E-state index >= 15 is 0 Å². The minimum Gasteiger partial charge on any atom is -0.379 e. The molecule has 0 radical (unpaired) electrons. The molecule has 0 saturated carbocycles. The molecule has 1 aromatic carbocycles. The maximum absolute atomic E-state index is 9.20. The van der Waals surface area contributed by atoms with Crippen LogP contribution in [0.3, 0.4) is 0 Å². The lowest BCUT2D eigenvalue weighted by molar-refractivity contribution is 0.0455. The summed E-state index contributed by atoms with van der Waals surface area (Å²) >= 11 is 1.75. The van der Waals surface area contributed by atoms with Gasteiger partial charge in [0.15, 0.2) is 0 Å². The van der Waals surface area contributed by atoms with Crippen LogP contribution in [0.15, 0.2) is 23.1 Å². The number of hydrogen-bond donors (Lipinski definition) is 1. The zero-order valence-corrected chi connectivity index (χ0v) is 11.4. The fourth-order valence-electron chi connectivity index (χ4n) is 1.75. The van der Waals surface area contributed by atoms with Crippen molar-refractivity contribution >= 4 is 11.8 Å². The number of rotatable bonds is 6.